The van der Waals surface area contributed by atoms with Gasteiger partial charge in [0.2, 0.25) is 0 Å². The first-order valence-electron chi connectivity index (χ1n) is 4.91. The maximum absolute atomic E-state index is 7.40. The summed E-state index contributed by atoms with van der Waals surface area (Å²) in [6, 6.07) is 3.88. The fourth-order valence-corrected chi connectivity index (χ4v) is 2.14. The van der Waals surface area contributed by atoms with Gasteiger partial charge in [0, 0.05) is 31.0 Å². The Labute approximate surface area is 112 Å². The van der Waals surface area contributed by atoms with Crippen LogP contribution in [-0.2, 0) is 6.42 Å². The molecular weight excluding hydrogens is 334 g/mol. The van der Waals surface area contributed by atoms with E-state index in [1.807, 2.05) is 19.1 Å². The number of allylic oxidation sites excluding steroid dienone is 1. The van der Waals surface area contributed by atoms with Gasteiger partial charge < -0.3 is 10.7 Å². The van der Waals surface area contributed by atoms with Gasteiger partial charge in [-0.15, -0.1) is 0 Å². The number of hydrogen-bond acceptors (Lipinski definition) is 3. The third-order valence-electron chi connectivity index (χ3n) is 2.01. The highest BCUT2D eigenvalue weighted by Crippen LogP contribution is 2.18. The first-order chi connectivity index (χ1) is 7.69. The second-order valence-corrected chi connectivity index (χ2v) is 4.69. The van der Waals surface area contributed by atoms with Crippen molar-refractivity contribution < 1.29 is 0 Å². The van der Waals surface area contributed by atoms with Gasteiger partial charge in [0.1, 0.15) is 4.60 Å². The molecule has 0 aliphatic carbocycles. The highest BCUT2D eigenvalue weighted by molar-refractivity contribution is 9.11. The Bertz CT molecular complexity index is 402. The van der Waals surface area contributed by atoms with Crippen LogP contribution in [0.25, 0.3) is 0 Å². The molecule has 3 nitrogen and oxygen atoms in total. The SMILES string of the molecule is CCN/C(Br)=C(\C=N)Cc1cccnc1Br. The molecule has 1 aromatic rings. The van der Waals surface area contributed by atoms with Crippen LogP contribution in [0.1, 0.15) is 12.5 Å². The predicted octanol–water partition coefficient (Wildman–Crippen LogP) is 3.25. The maximum Gasteiger partial charge on any atom is 0.109 e. The molecule has 86 valence electrons. The molecule has 1 aromatic heterocycles. The Morgan fingerprint density at radius 3 is 2.94 bits per heavy atom. The van der Waals surface area contributed by atoms with Crippen molar-refractivity contribution in [1.29, 1.82) is 5.41 Å². The normalized spacial score (nSPS) is 11.9. The maximum atomic E-state index is 7.40. The number of rotatable bonds is 5. The first kappa shape index (κ1) is 13.4. The summed E-state index contributed by atoms with van der Waals surface area (Å²) in [7, 11) is 0. The number of pyridine rings is 1. The minimum Gasteiger partial charge on any atom is -0.379 e. The number of hydrogen-bond donors (Lipinski definition) is 2. The molecule has 0 amide bonds. The number of nitrogens with zero attached hydrogens (tertiary/aromatic N) is 1. The minimum atomic E-state index is 0.672. The molecule has 0 saturated carbocycles. The van der Waals surface area contributed by atoms with E-state index >= 15 is 0 Å². The quantitative estimate of drug-likeness (QED) is 0.488. The smallest absolute Gasteiger partial charge is 0.109 e. The molecule has 1 rings (SSSR count). The second kappa shape index (κ2) is 6.81. The van der Waals surface area contributed by atoms with Gasteiger partial charge in [0.15, 0.2) is 0 Å². The summed E-state index contributed by atoms with van der Waals surface area (Å²) in [6.45, 7) is 2.84. The van der Waals surface area contributed by atoms with Crippen molar-refractivity contribution in [1.82, 2.24) is 10.3 Å². The molecule has 0 aliphatic heterocycles. The lowest BCUT2D eigenvalue weighted by molar-refractivity contribution is 0.896. The van der Waals surface area contributed by atoms with Crippen LogP contribution in [0.3, 0.4) is 0 Å². The summed E-state index contributed by atoms with van der Waals surface area (Å²) in [5.74, 6) is 0. The average Bonchev–Trinajstić information content (AvgIpc) is 2.28. The fraction of sp³-hybridized carbons (Fsp3) is 0.273. The van der Waals surface area contributed by atoms with Crippen molar-refractivity contribution in [3.05, 3.63) is 38.7 Å². The Morgan fingerprint density at radius 2 is 2.38 bits per heavy atom. The van der Waals surface area contributed by atoms with Gasteiger partial charge in [0.25, 0.3) is 0 Å². The van der Waals surface area contributed by atoms with E-state index in [2.05, 4.69) is 42.2 Å². The van der Waals surface area contributed by atoms with Crippen molar-refractivity contribution >= 4 is 38.1 Å². The molecule has 5 heteroatoms. The second-order valence-electron chi connectivity index (χ2n) is 3.14. The zero-order chi connectivity index (χ0) is 12.0. The van der Waals surface area contributed by atoms with Crippen LogP contribution in [0.15, 0.2) is 33.1 Å². The Hall–Kier alpha value is -0.680. The van der Waals surface area contributed by atoms with E-state index in [-0.39, 0.29) is 0 Å². The molecular formula is C11H13Br2N3. The van der Waals surface area contributed by atoms with Gasteiger partial charge in [-0.25, -0.2) is 4.98 Å². The highest BCUT2D eigenvalue weighted by Gasteiger charge is 2.06. The zero-order valence-electron chi connectivity index (χ0n) is 8.93. The van der Waals surface area contributed by atoms with Crippen molar-refractivity contribution in [3.8, 4) is 0 Å². The van der Waals surface area contributed by atoms with Gasteiger partial charge in [0.05, 0.1) is 4.61 Å². The van der Waals surface area contributed by atoms with Gasteiger partial charge in [-0.1, -0.05) is 6.07 Å². The monoisotopic (exact) mass is 345 g/mol. The molecule has 0 bridgehead atoms. The molecule has 0 atom stereocenters. The van der Waals surface area contributed by atoms with Crippen LogP contribution in [0.5, 0.6) is 0 Å². The van der Waals surface area contributed by atoms with E-state index in [4.69, 9.17) is 5.41 Å². The van der Waals surface area contributed by atoms with Crippen molar-refractivity contribution in [2.45, 2.75) is 13.3 Å². The summed E-state index contributed by atoms with van der Waals surface area (Å²) >= 11 is 6.83. The van der Waals surface area contributed by atoms with Crippen molar-refractivity contribution in [3.63, 3.8) is 0 Å². The summed E-state index contributed by atoms with van der Waals surface area (Å²) in [6.07, 6.45) is 3.76. The van der Waals surface area contributed by atoms with E-state index < -0.39 is 0 Å². The topological polar surface area (TPSA) is 48.8 Å². The number of halogens is 2. The van der Waals surface area contributed by atoms with Crippen LogP contribution in [0, 0.1) is 5.41 Å². The van der Waals surface area contributed by atoms with E-state index in [9.17, 15) is 0 Å². The van der Waals surface area contributed by atoms with Gasteiger partial charge in [-0.2, -0.15) is 0 Å². The van der Waals surface area contributed by atoms with Crippen LogP contribution < -0.4 is 5.32 Å². The van der Waals surface area contributed by atoms with Crippen molar-refractivity contribution in [2.75, 3.05) is 6.54 Å². The van der Waals surface area contributed by atoms with E-state index in [1.165, 1.54) is 6.21 Å². The third kappa shape index (κ3) is 3.72. The Balaban J connectivity index is 2.90. The minimum absolute atomic E-state index is 0.672. The standard InChI is InChI=1S/C11H13Br2N3/c1-2-15-11(13)9(7-14)6-8-4-3-5-16-10(8)12/h3-5,7,14-15H,2,6H2,1H3/b11-9-,14-7?. The molecule has 2 N–H and O–H groups in total. The van der Waals surface area contributed by atoms with E-state index in [1.54, 1.807) is 6.20 Å². The predicted molar refractivity (Wildman–Crippen MR) is 74.1 cm³/mol. The summed E-state index contributed by atoms with van der Waals surface area (Å²) in [5.41, 5.74) is 1.96. The largest absolute Gasteiger partial charge is 0.379 e. The molecule has 0 unspecified atom stereocenters. The Kier molecular flexibility index (Phi) is 5.69. The first-order valence-corrected chi connectivity index (χ1v) is 6.50. The van der Waals surface area contributed by atoms with Gasteiger partial charge in [-0.05, 0) is 50.4 Å². The number of aromatic nitrogens is 1. The van der Waals surface area contributed by atoms with Crippen LogP contribution in [-0.4, -0.2) is 17.7 Å². The highest BCUT2D eigenvalue weighted by atomic mass is 79.9. The zero-order valence-corrected chi connectivity index (χ0v) is 12.1. The molecule has 0 saturated heterocycles. The van der Waals surface area contributed by atoms with E-state index in [0.29, 0.717) is 6.42 Å². The van der Waals surface area contributed by atoms with Crippen molar-refractivity contribution in [2.24, 2.45) is 0 Å². The molecule has 0 radical (unpaired) electrons. The van der Waals surface area contributed by atoms with Gasteiger partial charge in [-0.3, -0.25) is 0 Å². The Morgan fingerprint density at radius 1 is 1.62 bits per heavy atom. The summed E-state index contributed by atoms with van der Waals surface area (Å²) < 4.78 is 1.69. The molecule has 0 fully saturated rings. The lowest BCUT2D eigenvalue weighted by atomic mass is 10.1. The average molecular weight is 347 g/mol. The molecule has 0 spiro atoms. The van der Waals surface area contributed by atoms with Crippen LogP contribution >= 0.6 is 31.9 Å². The van der Waals surface area contributed by atoms with Crippen LogP contribution in [0.2, 0.25) is 0 Å². The molecule has 0 aromatic carbocycles. The lowest BCUT2D eigenvalue weighted by Crippen LogP contribution is -2.11. The molecule has 0 aliphatic rings. The molecule has 16 heavy (non-hydrogen) atoms. The number of nitrogens with one attached hydrogen (secondary N) is 2. The fourth-order valence-electron chi connectivity index (χ4n) is 1.22. The summed E-state index contributed by atoms with van der Waals surface area (Å²) in [4.78, 5) is 4.16. The van der Waals surface area contributed by atoms with Gasteiger partial charge >= 0.3 is 0 Å². The molecule has 1 heterocycles. The van der Waals surface area contributed by atoms with Crippen LogP contribution in [0.4, 0.5) is 0 Å². The lowest BCUT2D eigenvalue weighted by Gasteiger charge is -2.08. The van der Waals surface area contributed by atoms with E-state index in [0.717, 1.165) is 26.9 Å². The third-order valence-corrected chi connectivity index (χ3v) is 3.51. The summed E-state index contributed by atoms with van der Waals surface area (Å²) in [5, 5.41) is 10.5.